The minimum atomic E-state index is -0.835. The van der Waals surface area contributed by atoms with Crippen molar-refractivity contribution in [3.05, 3.63) is 51.5 Å². The van der Waals surface area contributed by atoms with Crippen molar-refractivity contribution in [2.75, 3.05) is 10.6 Å². The second-order valence-electron chi connectivity index (χ2n) is 5.42. The van der Waals surface area contributed by atoms with Gasteiger partial charge in [-0.25, -0.2) is 0 Å². The highest BCUT2D eigenvalue weighted by molar-refractivity contribution is 6.35. The van der Waals surface area contributed by atoms with Gasteiger partial charge in [-0.05, 0) is 43.3 Å². The highest BCUT2D eigenvalue weighted by Gasteiger charge is 2.18. The van der Waals surface area contributed by atoms with Crippen molar-refractivity contribution in [3.63, 3.8) is 0 Å². The van der Waals surface area contributed by atoms with Crippen LogP contribution in [-0.4, -0.2) is 17.9 Å². The van der Waals surface area contributed by atoms with Gasteiger partial charge in [0.1, 0.15) is 5.75 Å². The fourth-order valence-electron chi connectivity index (χ4n) is 2.00. The van der Waals surface area contributed by atoms with E-state index in [9.17, 15) is 9.59 Å². The number of rotatable bonds is 6. The van der Waals surface area contributed by atoms with Gasteiger partial charge in [-0.15, -0.1) is 0 Å². The number of ether oxygens (including phenoxy) is 1. The number of benzene rings is 2. The van der Waals surface area contributed by atoms with Crippen molar-refractivity contribution in [3.8, 4) is 5.75 Å². The first kappa shape index (κ1) is 20.4. The topological polar surface area (TPSA) is 67.4 Å². The monoisotopic (exact) mass is 414 g/mol. The average Bonchev–Trinajstić information content (AvgIpc) is 2.60. The number of anilines is 2. The molecule has 8 heteroatoms. The predicted octanol–water partition coefficient (Wildman–Crippen LogP) is 5.40. The maximum atomic E-state index is 12.4. The first-order valence-electron chi connectivity index (χ1n) is 7.82. The maximum absolute atomic E-state index is 12.4. The van der Waals surface area contributed by atoms with Gasteiger partial charge in [-0.2, -0.15) is 0 Å². The Hall–Kier alpha value is -1.95. The molecular formula is C18H17Cl3N2O3. The van der Waals surface area contributed by atoms with E-state index in [0.717, 1.165) is 0 Å². The van der Waals surface area contributed by atoms with E-state index < -0.39 is 12.0 Å². The van der Waals surface area contributed by atoms with Crippen LogP contribution in [0.25, 0.3) is 0 Å². The maximum Gasteiger partial charge on any atom is 0.265 e. The summed E-state index contributed by atoms with van der Waals surface area (Å²) in [5.74, 6) is -0.218. The molecule has 2 N–H and O–H groups in total. The molecule has 0 unspecified atom stereocenters. The molecule has 0 spiro atoms. The van der Waals surface area contributed by atoms with Crippen LogP contribution in [-0.2, 0) is 9.59 Å². The molecule has 2 aromatic carbocycles. The zero-order valence-electron chi connectivity index (χ0n) is 14.1. The SMILES string of the molecule is CCC(=O)Nc1ccc(Cl)c(NC(=O)[C@@H](C)Oc2ccc(Cl)cc2Cl)c1. The number of carbonyl (C=O) groups is 2. The lowest BCUT2D eigenvalue weighted by molar-refractivity contribution is -0.122. The van der Waals surface area contributed by atoms with E-state index in [0.29, 0.717) is 38.6 Å². The van der Waals surface area contributed by atoms with E-state index in [2.05, 4.69) is 10.6 Å². The van der Waals surface area contributed by atoms with Crippen LogP contribution in [0.1, 0.15) is 20.3 Å². The third-order valence-corrected chi connectivity index (χ3v) is 4.26. The molecule has 5 nitrogen and oxygen atoms in total. The Morgan fingerprint density at radius 1 is 1.04 bits per heavy atom. The van der Waals surface area contributed by atoms with Gasteiger partial charge < -0.3 is 15.4 Å². The van der Waals surface area contributed by atoms with E-state index in [4.69, 9.17) is 39.5 Å². The molecular weight excluding hydrogens is 399 g/mol. The third kappa shape index (κ3) is 5.53. The highest BCUT2D eigenvalue weighted by atomic mass is 35.5. The van der Waals surface area contributed by atoms with Crippen molar-refractivity contribution in [2.24, 2.45) is 0 Å². The normalized spacial score (nSPS) is 11.6. The van der Waals surface area contributed by atoms with Gasteiger partial charge >= 0.3 is 0 Å². The molecule has 0 bridgehead atoms. The fourth-order valence-corrected chi connectivity index (χ4v) is 2.62. The molecule has 1 atom stereocenters. The second kappa shape index (κ2) is 9.12. The molecule has 26 heavy (non-hydrogen) atoms. The van der Waals surface area contributed by atoms with Crippen LogP contribution < -0.4 is 15.4 Å². The molecule has 0 aliphatic heterocycles. The molecule has 0 saturated carbocycles. The van der Waals surface area contributed by atoms with Gasteiger partial charge in [0.2, 0.25) is 5.91 Å². The summed E-state index contributed by atoms with van der Waals surface area (Å²) in [6.45, 7) is 3.33. The van der Waals surface area contributed by atoms with E-state index in [-0.39, 0.29) is 5.91 Å². The molecule has 2 rings (SSSR count). The molecule has 2 aromatic rings. The fraction of sp³-hybridized carbons (Fsp3) is 0.222. The summed E-state index contributed by atoms with van der Waals surface area (Å²) in [4.78, 5) is 23.9. The lowest BCUT2D eigenvalue weighted by Gasteiger charge is -2.17. The van der Waals surface area contributed by atoms with Crippen molar-refractivity contribution in [1.82, 2.24) is 0 Å². The summed E-state index contributed by atoms with van der Waals surface area (Å²) in [6.07, 6.45) is -0.490. The molecule has 0 aliphatic rings. The number of halogens is 3. The van der Waals surface area contributed by atoms with E-state index in [1.807, 2.05) is 0 Å². The Balaban J connectivity index is 2.08. The van der Waals surface area contributed by atoms with Crippen LogP contribution in [0.15, 0.2) is 36.4 Å². The highest BCUT2D eigenvalue weighted by Crippen LogP contribution is 2.29. The number of hydrogen-bond donors (Lipinski definition) is 2. The molecule has 2 amide bonds. The lowest BCUT2D eigenvalue weighted by atomic mass is 10.2. The standard InChI is InChI=1S/C18H17Cl3N2O3/c1-3-17(24)22-12-5-6-13(20)15(9-12)23-18(25)10(2)26-16-7-4-11(19)8-14(16)21/h4-10H,3H2,1-2H3,(H,22,24)(H,23,25)/t10-/m1/s1. The average molecular weight is 416 g/mol. The zero-order valence-corrected chi connectivity index (χ0v) is 16.4. The summed E-state index contributed by atoms with van der Waals surface area (Å²) in [5, 5.41) is 6.49. The number of nitrogens with one attached hydrogen (secondary N) is 2. The van der Waals surface area contributed by atoms with Crippen LogP contribution in [0.4, 0.5) is 11.4 Å². The molecule has 0 fully saturated rings. The summed E-state index contributed by atoms with van der Waals surface area (Å²) >= 11 is 18.0. The largest absolute Gasteiger partial charge is 0.479 e. The quantitative estimate of drug-likeness (QED) is 0.663. The van der Waals surface area contributed by atoms with Gasteiger partial charge in [0.15, 0.2) is 6.10 Å². The Morgan fingerprint density at radius 2 is 1.77 bits per heavy atom. The molecule has 0 aromatic heterocycles. The molecule has 0 radical (unpaired) electrons. The van der Waals surface area contributed by atoms with Crippen LogP contribution in [0, 0.1) is 0 Å². The second-order valence-corrected chi connectivity index (χ2v) is 6.67. The molecule has 138 valence electrons. The van der Waals surface area contributed by atoms with Crippen molar-refractivity contribution in [2.45, 2.75) is 26.4 Å². The van der Waals surface area contributed by atoms with Gasteiger partial charge in [0.05, 0.1) is 15.7 Å². The Kier molecular flexibility index (Phi) is 7.14. The minimum Gasteiger partial charge on any atom is -0.479 e. The van der Waals surface area contributed by atoms with Gasteiger partial charge in [-0.3, -0.25) is 9.59 Å². The summed E-state index contributed by atoms with van der Waals surface area (Å²) in [5.41, 5.74) is 0.897. The first-order valence-corrected chi connectivity index (χ1v) is 8.95. The summed E-state index contributed by atoms with van der Waals surface area (Å²) in [6, 6.07) is 9.55. The first-order chi connectivity index (χ1) is 12.3. The Labute approximate surface area is 166 Å². The van der Waals surface area contributed by atoms with Crippen LogP contribution in [0.2, 0.25) is 15.1 Å². The lowest BCUT2D eigenvalue weighted by Crippen LogP contribution is -2.30. The zero-order chi connectivity index (χ0) is 19.3. The third-order valence-electron chi connectivity index (χ3n) is 3.40. The van der Waals surface area contributed by atoms with Crippen LogP contribution in [0.5, 0.6) is 5.75 Å². The molecule has 0 heterocycles. The van der Waals surface area contributed by atoms with Gasteiger partial charge in [0, 0.05) is 17.1 Å². The number of amides is 2. The summed E-state index contributed by atoms with van der Waals surface area (Å²) < 4.78 is 5.57. The minimum absolute atomic E-state index is 0.140. The van der Waals surface area contributed by atoms with Gasteiger partial charge in [0.25, 0.3) is 5.91 Å². The van der Waals surface area contributed by atoms with Gasteiger partial charge in [-0.1, -0.05) is 41.7 Å². The van der Waals surface area contributed by atoms with Crippen molar-refractivity contribution in [1.29, 1.82) is 0 Å². The molecule has 0 saturated heterocycles. The van der Waals surface area contributed by atoms with E-state index >= 15 is 0 Å². The smallest absolute Gasteiger partial charge is 0.265 e. The Bertz CT molecular complexity index is 827. The predicted molar refractivity (Wildman–Crippen MR) is 106 cm³/mol. The van der Waals surface area contributed by atoms with Crippen LogP contribution in [0.3, 0.4) is 0 Å². The Morgan fingerprint density at radius 3 is 2.42 bits per heavy atom. The van der Waals surface area contributed by atoms with E-state index in [1.165, 1.54) is 6.07 Å². The number of carbonyl (C=O) groups excluding carboxylic acids is 2. The number of hydrogen-bond acceptors (Lipinski definition) is 3. The van der Waals surface area contributed by atoms with Crippen molar-refractivity contribution >= 4 is 58.0 Å². The van der Waals surface area contributed by atoms with Crippen molar-refractivity contribution < 1.29 is 14.3 Å². The molecule has 0 aliphatic carbocycles. The van der Waals surface area contributed by atoms with Crippen LogP contribution >= 0.6 is 34.8 Å². The van der Waals surface area contributed by atoms with E-state index in [1.54, 1.807) is 44.2 Å². The summed E-state index contributed by atoms with van der Waals surface area (Å²) in [7, 11) is 0.